The molecule has 4 N–H and O–H groups in total. The van der Waals surface area contributed by atoms with E-state index in [1.54, 1.807) is 13.8 Å². The van der Waals surface area contributed by atoms with Crippen LogP contribution in [0.1, 0.15) is 151 Å². The monoisotopic (exact) mass is 1020 g/mol. The molecule has 0 saturated carbocycles. The highest BCUT2D eigenvalue weighted by atomic mass is 16.5. The number of ether oxygens (including phenoxy) is 5. The summed E-state index contributed by atoms with van der Waals surface area (Å²) in [4.78, 5) is 82.0. The molecule has 3 aromatic carbocycles. The number of amides is 2. The Kier molecular flexibility index (Phi) is 19.0. The van der Waals surface area contributed by atoms with E-state index in [4.69, 9.17) is 23.7 Å². The van der Waals surface area contributed by atoms with Crippen molar-refractivity contribution in [3.8, 4) is 17.2 Å². The maximum Gasteiger partial charge on any atom is 0.330 e. The van der Waals surface area contributed by atoms with Crippen LogP contribution in [0.15, 0.2) is 80.1 Å². The smallest absolute Gasteiger partial charge is 0.330 e. The van der Waals surface area contributed by atoms with E-state index in [1.165, 1.54) is 21.5 Å². The summed E-state index contributed by atoms with van der Waals surface area (Å²) >= 11 is 0. The fourth-order valence-corrected chi connectivity index (χ4v) is 10.2. The molecule has 2 amide bonds. The van der Waals surface area contributed by atoms with Gasteiger partial charge in [-0.2, -0.15) is 0 Å². The van der Waals surface area contributed by atoms with Gasteiger partial charge in [-0.15, -0.1) is 0 Å². The zero-order chi connectivity index (χ0) is 53.1. The molecule has 17 nitrogen and oxygen atoms in total. The number of aryl methyl sites for hydroxylation is 3. The van der Waals surface area contributed by atoms with E-state index in [2.05, 4.69) is 60.4 Å². The molecular formula is C57H74N6O11. The molecule has 0 aliphatic carbocycles. The van der Waals surface area contributed by atoms with Gasteiger partial charge >= 0.3 is 11.4 Å². The van der Waals surface area contributed by atoms with E-state index in [0.29, 0.717) is 93.0 Å². The van der Waals surface area contributed by atoms with Crippen molar-refractivity contribution in [1.82, 2.24) is 19.1 Å². The SMILES string of the molecule is CCCOc1ccc(NC(=O)C[C@H]2C[C@H](n3cc(C)c(=O)[nH]c3=O)O[C@@H]2CC)cc1Cc1cccc(Cc2cc(NC(=O)C[C@H]3C[C@H](n4cc(C)c(=O)[nH]c4=O)O[C@@H]3CC)cc(CC)c2OCCC)c1OCCC. The van der Waals surface area contributed by atoms with Crippen LogP contribution in [-0.2, 0) is 38.3 Å². The van der Waals surface area contributed by atoms with Crippen LogP contribution in [-0.4, -0.2) is 62.9 Å². The van der Waals surface area contributed by atoms with Gasteiger partial charge in [-0.3, -0.25) is 38.3 Å². The molecule has 74 heavy (non-hydrogen) atoms. The number of para-hydroxylation sites is 1. The van der Waals surface area contributed by atoms with Gasteiger partial charge in [0, 0.05) is 71.7 Å². The molecular weight excluding hydrogens is 945 g/mol. The van der Waals surface area contributed by atoms with Gasteiger partial charge in [0.1, 0.15) is 29.7 Å². The summed E-state index contributed by atoms with van der Waals surface area (Å²) in [6, 6.07) is 15.8. The first-order valence-electron chi connectivity index (χ1n) is 26.5. The van der Waals surface area contributed by atoms with Crippen molar-refractivity contribution >= 4 is 23.2 Å². The fourth-order valence-electron chi connectivity index (χ4n) is 10.2. The Labute approximate surface area is 432 Å². The van der Waals surface area contributed by atoms with Gasteiger partial charge in [-0.1, -0.05) is 59.7 Å². The molecule has 7 rings (SSSR count). The average Bonchev–Trinajstić information content (AvgIpc) is 3.98. The zero-order valence-corrected chi connectivity index (χ0v) is 44.2. The lowest BCUT2D eigenvalue weighted by molar-refractivity contribution is -0.118. The summed E-state index contributed by atoms with van der Waals surface area (Å²) in [5, 5.41) is 6.30. The number of carbonyl (C=O) groups is 2. The number of hydrogen-bond acceptors (Lipinski definition) is 11. The predicted octanol–water partition coefficient (Wildman–Crippen LogP) is 8.80. The zero-order valence-electron chi connectivity index (χ0n) is 44.2. The molecule has 2 aliphatic heterocycles. The molecule has 2 saturated heterocycles. The molecule has 0 radical (unpaired) electrons. The van der Waals surface area contributed by atoms with Gasteiger partial charge in [-0.05, 0) is 124 Å². The van der Waals surface area contributed by atoms with Crippen molar-refractivity contribution in [1.29, 1.82) is 0 Å². The number of carbonyl (C=O) groups excluding carboxylic acids is 2. The van der Waals surface area contributed by atoms with Gasteiger partial charge in [0.25, 0.3) is 11.1 Å². The lowest BCUT2D eigenvalue weighted by atomic mass is 9.94. The fraction of sp³-hybridized carbons (Fsp3) is 0.509. The predicted molar refractivity (Wildman–Crippen MR) is 285 cm³/mol. The van der Waals surface area contributed by atoms with Crippen LogP contribution in [0.2, 0.25) is 0 Å². The molecule has 0 bridgehead atoms. The molecule has 17 heteroatoms. The molecule has 2 aliphatic rings. The number of anilines is 2. The van der Waals surface area contributed by atoms with Crippen LogP contribution >= 0.6 is 0 Å². The van der Waals surface area contributed by atoms with E-state index in [9.17, 15) is 28.8 Å². The first kappa shape index (κ1) is 55.0. The second-order valence-corrected chi connectivity index (χ2v) is 19.6. The number of nitrogens with one attached hydrogen (secondary N) is 4. The Balaban J connectivity index is 1.12. The second-order valence-electron chi connectivity index (χ2n) is 19.6. The lowest BCUT2D eigenvalue weighted by Gasteiger charge is -2.21. The minimum absolute atomic E-state index is 0.154. The third-order valence-electron chi connectivity index (χ3n) is 13.9. The average molecular weight is 1020 g/mol. The summed E-state index contributed by atoms with van der Waals surface area (Å²) in [7, 11) is 0. The Hall–Kier alpha value is -6.72. The third-order valence-corrected chi connectivity index (χ3v) is 13.9. The van der Waals surface area contributed by atoms with E-state index < -0.39 is 35.0 Å². The highest BCUT2D eigenvalue weighted by Crippen LogP contribution is 2.40. The van der Waals surface area contributed by atoms with Crippen LogP contribution < -0.4 is 47.3 Å². The van der Waals surface area contributed by atoms with Crippen LogP contribution in [0.25, 0.3) is 0 Å². The Morgan fingerprint density at radius 2 is 1.05 bits per heavy atom. The Morgan fingerprint density at radius 3 is 1.55 bits per heavy atom. The van der Waals surface area contributed by atoms with Crippen LogP contribution in [0.5, 0.6) is 17.2 Å². The van der Waals surface area contributed by atoms with Crippen molar-refractivity contribution < 1.29 is 33.3 Å². The van der Waals surface area contributed by atoms with Crippen molar-refractivity contribution in [2.24, 2.45) is 11.8 Å². The summed E-state index contributed by atoms with van der Waals surface area (Å²) in [5.41, 5.74) is 4.72. The molecule has 5 aromatic rings. The number of hydrogen-bond donors (Lipinski definition) is 4. The Morgan fingerprint density at radius 1 is 0.595 bits per heavy atom. The highest BCUT2D eigenvalue weighted by Gasteiger charge is 2.38. The van der Waals surface area contributed by atoms with Crippen molar-refractivity contribution in [2.75, 3.05) is 30.5 Å². The van der Waals surface area contributed by atoms with Crippen LogP contribution in [0, 0.1) is 25.7 Å². The summed E-state index contributed by atoms with van der Waals surface area (Å²) < 4.78 is 34.8. The molecule has 0 unspecified atom stereocenters. The second kappa shape index (κ2) is 25.5. The maximum atomic E-state index is 13.9. The Bertz CT molecular complexity index is 3010. The summed E-state index contributed by atoms with van der Waals surface area (Å²) in [6.07, 6.45) is 7.83. The van der Waals surface area contributed by atoms with Crippen molar-refractivity contribution in [2.45, 2.75) is 157 Å². The van der Waals surface area contributed by atoms with Gasteiger partial charge in [-0.25, -0.2) is 9.59 Å². The maximum absolute atomic E-state index is 13.9. The van der Waals surface area contributed by atoms with Gasteiger partial charge in [0.05, 0.1) is 32.0 Å². The number of rotatable bonds is 24. The minimum atomic E-state index is -0.600. The molecule has 4 heterocycles. The highest BCUT2D eigenvalue weighted by molar-refractivity contribution is 5.92. The first-order valence-corrected chi connectivity index (χ1v) is 26.5. The van der Waals surface area contributed by atoms with Crippen molar-refractivity contribution in [3.63, 3.8) is 0 Å². The number of benzene rings is 3. The normalized spacial score (nSPS) is 19.4. The molecule has 398 valence electrons. The van der Waals surface area contributed by atoms with E-state index >= 15 is 0 Å². The van der Waals surface area contributed by atoms with Gasteiger partial charge < -0.3 is 34.3 Å². The van der Waals surface area contributed by atoms with Crippen molar-refractivity contribution in [3.05, 3.63) is 142 Å². The van der Waals surface area contributed by atoms with Crippen LogP contribution in [0.4, 0.5) is 11.4 Å². The topological polar surface area (TPSA) is 214 Å². The number of H-pyrrole nitrogens is 2. The van der Waals surface area contributed by atoms with E-state index in [1.807, 2.05) is 50.2 Å². The van der Waals surface area contributed by atoms with Gasteiger partial charge in [0.2, 0.25) is 11.8 Å². The van der Waals surface area contributed by atoms with Gasteiger partial charge in [0.15, 0.2) is 0 Å². The van der Waals surface area contributed by atoms with Crippen LogP contribution in [0.3, 0.4) is 0 Å². The van der Waals surface area contributed by atoms with E-state index in [0.717, 1.165) is 58.6 Å². The first-order chi connectivity index (χ1) is 35.7. The number of aromatic amines is 2. The summed E-state index contributed by atoms with van der Waals surface area (Å²) in [6.45, 7) is 17.0. The van der Waals surface area contributed by atoms with E-state index in [-0.39, 0.29) is 48.7 Å². The third kappa shape index (κ3) is 13.3. The lowest BCUT2D eigenvalue weighted by Crippen LogP contribution is -2.33. The standard InChI is InChI=1S/C57H74N6O11/c1-9-20-70-47-19-18-43(58-48(64)28-40-30-50(73-45(40)13-5)62-32-34(7)54(66)60-56(62)68)26-39(47)23-37-16-15-17-38(53(37)72-22-11-3)24-42-27-44(25-36(12-4)52(42)71-21-10-2)59-49(65)29-41-31-51(74-46(41)14-6)63-33-35(8)55(67)61-57(63)69/h15-19,25-27,32-33,40-41,45-46,50-51H,9-14,20-24,28-31H2,1-8H3,(H,58,64)(H,59,65)(H,60,66,68)(H,61,67,69)/t40-,41-,45+,46+,50+,51+/m0/s1. The summed E-state index contributed by atoms with van der Waals surface area (Å²) in [5.74, 6) is 1.56. The molecule has 2 fully saturated rings. The number of aromatic nitrogens is 4. The molecule has 6 atom stereocenters. The molecule has 0 spiro atoms. The quantitative estimate of drug-likeness (QED) is 0.0458. The largest absolute Gasteiger partial charge is 0.493 e. The minimum Gasteiger partial charge on any atom is -0.493 e. The number of nitrogens with zero attached hydrogens (tertiary/aromatic N) is 2. The molecule has 2 aromatic heterocycles.